The summed E-state index contributed by atoms with van der Waals surface area (Å²) in [5.41, 5.74) is 1.90. The Balaban J connectivity index is 1.36. The monoisotopic (exact) mass is 406 g/mol. The highest BCUT2D eigenvalue weighted by Gasteiger charge is 2.37. The molecule has 3 heterocycles. The largest absolute Gasteiger partial charge is 0.346 e. The van der Waals surface area contributed by atoms with Gasteiger partial charge in [0, 0.05) is 25.4 Å². The van der Waals surface area contributed by atoms with E-state index in [2.05, 4.69) is 25.3 Å². The summed E-state index contributed by atoms with van der Waals surface area (Å²) in [6, 6.07) is 7.44. The summed E-state index contributed by atoms with van der Waals surface area (Å²) >= 11 is 0. The molecular formula is C21H22N6O3. The zero-order valence-electron chi connectivity index (χ0n) is 16.8. The van der Waals surface area contributed by atoms with Crippen molar-refractivity contribution in [1.82, 2.24) is 30.2 Å². The molecule has 1 atom stereocenters. The van der Waals surface area contributed by atoms with Gasteiger partial charge in [-0.25, -0.2) is 15.0 Å². The second-order valence-corrected chi connectivity index (χ2v) is 7.55. The molecule has 0 fully saturated rings. The van der Waals surface area contributed by atoms with Gasteiger partial charge in [0.15, 0.2) is 11.4 Å². The van der Waals surface area contributed by atoms with Crippen LogP contribution in [0.15, 0.2) is 36.7 Å². The molecule has 1 aliphatic rings. The summed E-state index contributed by atoms with van der Waals surface area (Å²) in [5.74, 6) is -0.265. The van der Waals surface area contributed by atoms with E-state index in [1.807, 2.05) is 38.1 Å². The minimum atomic E-state index is -0.467. The number of carbonyl (C=O) groups is 3. The molecular weight excluding hydrogens is 384 g/mol. The summed E-state index contributed by atoms with van der Waals surface area (Å²) in [6.07, 6.45) is 3.29. The number of aromatic amines is 1. The number of nitrogens with zero attached hydrogens (tertiary/aromatic N) is 4. The van der Waals surface area contributed by atoms with Crippen LogP contribution in [0.3, 0.4) is 0 Å². The molecule has 154 valence electrons. The molecule has 30 heavy (non-hydrogen) atoms. The van der Waals surface area contributed by atoms with Crippen molar-refractivity contribution in [3.05, 3.63) is 53.9 Å². The van der Waals surface area contributed by atoms with Crippen LogP contribution < -0.4 is 5.32 Å². The predicted molar refractivity (Wildman–Crippen MR) is 108 cm³/mol. The Bertz CT molecular complexity index is 1050. The maximum Gasteiger partial charge on any atom is 0.281 e. The van der Waals surface area contributed by atoms with Gasteiger partial charge < -0.3 is 10.3 Å². The van der Waals surface area contributed by atoms with Gasteiger partial charge in [0.25, 0.3) is 11.8 Å². The molecule has 0 bridgehead atoms. The average Bonchev–Trinajstić information content (AvgIpc) is 3.27. The summed E-state index contributed by atoms with van der Waals surface area (Å²) in [5, 5.41) is 3.01. The van der Waals surface area contributed by atoms with E-state index in [0.29, 0.717) is 12.2 Å². The van der Waals surface area contributed by atoms with E-state index in [0.717, 1.165) is 15.9 Å². The van der Waals surface area contributed by atoms with Crippen molar-refractivity contribution in [3.8, 4) is 0 Å². The molecule has 2 aromatic heterocycles. The fraction of sp³-hybridized carbons (Fsp3) is 0.333. The minimum absolute atomic E-state index is 0.0664. The lowest BCUT2D eigenvalue weighted by Crippen LogP contribution is -2.34. The van der Waals surface area contributed by atoms with Gasteiger partial charge in [0.1, 0.15) is 5.82 Å². The third-order valence-electron chi connectivity index (χ3n) is 5.06. The van der Waals surface area contributed by atoms with Gasteiger partial charge in [-0.15, -0.1) is 0 Å². The molecule has 4 rings (SSSR count). The lowest BCUT2D eigenvalue weighted by molar-refractivity contribution is -0.122. The Morgan fingerprint density at radius 3 is 2.40 bits per heavy atom. The number of hydrogen-bond donors (Lipinski definition) is 2. The average molecular weight is 406 g/mol. The van der Waals surface area contributed by atoms with E-state index in [4.69, 9.17) is 0 Å². The van der Waals surface area contributed by atoms with E-state index < -0.39 is 11.8 Å². The molecule has 0 aliphatic carbocycles. The molecule has 9 nitrogen and oxygen atoms in total. The van der Waals surface area contributed by atoms with Crippen LogP contribution >= 0.6 is 0 Å². The van der Waals surface area contributed by atoms with Crippen LogP contribution in [-0.4, -0.2) is 49.1 Å². The van der Waals surface area contributed by atoms with Crippen LogP contribution in [0.4, 0.5) is 0 Å². The molecule has 2 N–H and O–H groups in total. The Morgan fingerprint density at radius 2 is 1.77 bits per heavy atom. The smallest absolute Gasteiger partial charge is 0.281 e. The third kappa shape index (κ3) is 3.66. The zero-order chi connectivity index (χ0) is 21.3. The highest BCUT2D eigenvalue weighted by Crippen LogP contribution is 2.23. The predicted octanol–water partition coefficient (Wildman–Crippen LogP) is 2.24. The SMILES string of the molecule is CC(C)[C@H](NC(=O)CCCN1C(=O)c2nccnc2C1=O)c1nc2ccccc2[nH]1. The molecule has 0 spiro atoms. The standard InChI is InChI=1S/C21H22N6O3/c1-12(2)16(19-24-13-6-3-4-7-14(13)25-19)26-15(28)8-5-11-27-20(29)17-18(21(27)30)23-10-9-22-17/h3-4,6-7,9-10,12,16H,5,8,11H2,1-2H3,(H,24,25)(H,26,28)/t16-/m0/s1. The van der Waals surface area contributed by atoms with Crippen molar-refractivity contribution < 1.29 is 14.4 Å². The highest BCUT2D eigenvalue weighted by molar-refractivity contribution is 6.19. The van der Waals surface area contributed by atoms with Crippen molar-refractivity contribution in [2.24, 2.45) is 5.92 Å². The van der Waals surface area contributed by atoms with Crippen LogP contribution in [-0.2, 0) is 4.79 Å². The molecule has 3 aromatic rings. The number of fused-ring (bicyclic) bond motifs is 2. The number of hydrogen-bond acceptors (Lipinski definition) is 6. The normalized spacial score (nSPS) is 14.4. The first-order chi connectivity index (χ1) is 14.5. The Morgan fingerprint density at radius 1 is 1.10 bits per heavy atom. The van der Waals surface area contributed by atoms with Gasteiger partial charge in [-0.3, -0.25) is 19.3 Å². The number of rotatable bonds is 7. The maximum atomic E-state index is 12.5. The molecule has 0 saturated carbocycles. The first-order valence-electron chi connectivity index (χ1n) is 9.87. The topological polar surface area (TPSA) is 121 Å². The zero-order valence-corrected chi connectivity index (χ0v) is 16.8. The lowest BCUT2D eigenvalue weighted by atomic mass is 10.0. The Kier molecular flexibility index (Phi) is 5.26. The summed E-state index contributed by atoms with van der Waals surface area (Å²) in [7, 11) is 0. The van der Waals surface area contributed by atoms with Crippen LogP contribution in [0.25, 0.3) is 11.0 Å². The van der Waals surface area contributed by atoms with Crippen molar-refractivity contribution in [2.75, 3.05) is 6.54 Å². The van der Waals surface area contributed by atoms with Crippen molar-refractivity contribution in [2.45, 2.75) is 32.7 Å². The van der Waals surface area contributed by atoms with E-state index in [1.54, 1.807) is 0 Å². The number of H-pyrrole nitrogens is 1. The molecule has 1 aliphatic heterocycles. The van der Waals surface area contributed by atoms with Crippen LogP contribution in [0.5, 0.6) is 0 Å². The van der Waals surface area contributed by atoms with Gasteiger partial charge in [-0.05, 0) is 24.5 Å². The lowest BCUT2D eigenvalue weighted by Gasteiger charge is -2.20. The van der Waals surface area contributed by atoms with Gasteiger partial charge in [-0.2, -0.15) is 0 Å². The van der Waals surface area contributed by atoms with Gasteiger partial charge in [0.2, 0.25) is 5.91 Å². The van der Waals surface area contributed by atoms with Gasteiger partial charge in [-0.1, -0.05) is 26.0 Å². The molecule has 0 unspecified atom stereocenters. The number of nitrogens with one attached hydrogen (secondary N) is 2. The van der Waals surface area contributed by atoms with Crippen molar-refractivity contribution >= 4 is 28.8 Å². The first-order valence-corrected chi connectivity index (χ1v) is 9.87. The second-order valence-electron chi connectivity index (χ2n) is 7.55. The van der Waals surface area contributed by atoms with Crippen LogP contribution in [0, 0.1) is 5.92 Å². The van der Waals surface area contributed by atoms with Gasteiger partial charge >= 0.3 is 0 Å². The first kappa shape index (κ1) is 19.7. The van der Waals surface area contributed by atoms with Crippen molar-refractivity contribution in [1.29, 1.82) is 0 Å². The fourth-order valence-electron chi connectivity index (χ4n) is 3.52. The van der Waals surface area contributed by atoms with E-state index >= 15 is 0 Å². The van der Waals surface area contributed by atoms with Crippen molar-refractivity contribution in [3.63, 3.8) is 0 Å². The Hall–Kier alpha value is -3.62. The number of amides is 3. The molecule has 0 radical (unpaired) electrons. The fourth-order valence-corrected chi connectivity index (χ4v) is 3.52. The summed E-state index contributed by atoms with van der Waals surface area (Å²) < 4.78 is 0. The molecule has 1 aromatic carbocycles. The van der Waals surface area contributed by atoms with E-state index in [9.17, 15) is 14.4 Å². The van der Waals surface area contributed by atoms with Crippen LogP contribution in [0.1, 0.15) is 59.5 Å². The van der Waals surface area contributed by atoms with Gasteiger partial charge in [0.05, 0.1) is 17.1 Å². The number of para-hydroxylation sites is 2. The molecule has 3 amide bonds. The second kappa shape index (κ2) is 8.02. The third-order valence-corrected chi connectivity index (χ3v) is 5.06. The van der Waals surface area contributed by atoms with E-state index in [-0.39, 0.29) is 42.2 Å². The van der Waals surface area contributed by atoms with Crippen LogP contribution in [0.2, 0.25) is 0 Å². The molecule has 9 heteroatoms. The number of aromatic nitrogens is 4. The summed E-state index contributed by atoms with van der Waals surface area (Å²) in [6.45, 7) is 4.16. The van der Waals surface area contributed by atoms with E-state index in [1.165, 1.54) is 12.4 Å². The minimum Gasteiger partial charge on any atom is -0.346 e. The quantitative estimate of drug-likeness (QED) is 0.581. The number of imide groups is 1. The summed E-state index contributed by atoms with van der Waals surface area (Å²) in [4.78, 5) is 54.0. The molecule has 0 saturated heterocycles. The Labute approximate surface area is 172 Å². The number of benzene rings is 1. The number of carbonyl (C=O) groups excluding carboxylic acids is 3. The maximum absolute atomic E-state index is 12.5. The highest BCUT2D eigenvalue weighted by atomic mass is 16.2. The number of imidazole rings is 1.